The van der Waals surface area contributed by atoms with Crippen molar-refractivity contribution in [2.75, 3.05) is 11.9 Å². The molecule has 0 aliphatic heterocycles. The number of aromatic nitrogens is 2. The summed E-state index contributed by atoms with van der Waals surface area (Å²) in [5, 5.41) is 15.6. The van der Waals surface area contributed by atoms with Gasteiger partial charge in [0.15, 0.2) is 5.82 Å². The fourth-order valence-corrected chi connectivity index (χ4v) is 2.32. The third-order valence-corrected chi connectivity index (χ3v) is 4.13. The lowest BCUT2D eigenvalue weighted by Gasteiger charge is -2.12. The van der Waals surface area contributed by atoms with Gasteiger partial charge in [0, 0.05) is 12.6 Å². The molecule has 0 radical (unpaired) electrons. The first-order chi connectivity index (χ1) is 11.0. The first-order valence-corrected chi connectivity index (χ1v) is 7.22. The lowest BCUT2D eigenvalue weighted by atomic mass is 10.1. The van der Waals surface area contributed by atoms with Crippen molar-refractivity contribution in [2.24, 2.45) is 5.41 Å². The van der Waals surface area contributed by atoms with Crippen LogP contribution < -0.4 is 10.9 Å². The van der Waals surface area contributed by atoms with E-state index in [-0.39, 0.29) is 16.4 Å². The molecule has 5 nitrogen and oxygen atoms in total. The molecular formula is C15H11ClF2N4O. The zero-order valence-corrected chi connectivity index (χ0v) is 12.6. The first-order valence-electron chi connectivity index (χ1n) is 6.84. The number of rotatable bonds is 4. The molecule has 0 atom stereocenters. The molecule has 1 N–H and O–H groups in total. The van der Waals surface area contributed by atoms with Crippen LogP contribution in [-0.2, 0) is 0 Å². The van der Waals surface area contributed by atoms with Crippen LogP contribution in [0.4, 0.5) is 14.5 Å². The third-order valence-electron chi connectivity index (χ3n) is 3.76. The molecule has 23 heavy (non-hydrogen) atoms. The van der Waals surface area contributed by atoms with Gasteiger partial charge in [-0.05, 0) is 25.0 Å². The lowest BCUT2D eigenvalue weighted by Crippen LogP contribution is -2.24. The molecule has 1 saturated carbocycles. The zero-order valence-electron chi connectivity index (χ0n) is 11.8. The Labute approximate surface area is 135 Å². The van der Waals surface area contributed by atoms with Crippen molar-refractivity contribution in [2.45, 2.75) is 12.8 Å². The van der Waals surface area contributed by atoms with Crippen LogP contribution in [0.2, 0.25) is 5.02 Å². The highest BCUT2D eigenvalue weighted by Crippen LogP contribution is 2.44. The third kappa shape index (κ3) is 2.90. The van der Waals surface area contributed by atoms with E-state index < -0.39 is 22.6 Å². The average molecular weight is 337 g/mol. The van der Waals surface area contributed by atoms with E-state index in [1.165, 1.54) is 6.20 Å². The predicted octanol–water partition coefficient (Wildman–Crippen LogP) is 2.88. The molecule has 0 spiro atoms. The van der Waals surface area contributed by atoms with E-state index in [0.29, 0.717) is 12.6 Å². The molecule has 0 unspecified atom stereocenters. The summed E-state index contributed by atoms with van der Waals surface area (Å²) < 4.78 is 27.5. The second kappa shape index (κ2) is 5.63. The van der Waals surface area contributed by atoms with Crippen molar-refractivity contribution in [1.29, 1.82) is 5.26 Å². The van der Waals surface area contributed by atoms with Crippen LogP contribution in [0, 0.1) is 28.4 Å². The second-order valence-corrected chi connectivity index (χ2v) is 5.81. The molecule has 0 amide bonds. The molecule has 1 heterocycles. The van der Waals surface area contributed by atoms with E-state index in [4.69, 9.17) is 16.9 Å². The summed E-state index contributed by atoms with van der Waals surface area (Å²) in [6.07, 6.45) is 2.86. The minimum absolute atomic E-state index is 0.169. The van der Waals surface area contributed by atoms with Gasteiger partial charge in [-0.25, -0.2) is 8.78 Å². The maximum Gasteiger partial charge on any atom is 0.292 e. The highest BCUT2D eigenvalue weighted by atomic mass is 35.5. The highest BCUT2D eigenvalue weighted by Gasteiger charge is 2.43. The SMILES string of the molecule is N#CC1(CNc2cnn(-c3ccc(F)cc3F)c(=O)c2Cl)CC1. The number of nitriles is 1. The normalized spacial score (nSPS) is 15.0. The maximum atomic E-state index is 13.8. The van der Waals surface area contributed by atoms with Gasteiger partial charge in [-0.3, -0.25) is 4.79 Å². The van der Waals surface area contributed by atoms with Crippen LogP contribution in [0.25, 0.3) is 5.69 Å². The van der Waals surface area contributed by atoms with Crippen LogP contribution in [0.3, 0.4) is 0 Å². The van der Waals surface area contributed by atoms with Gasteiger partial charge in [0.2, 0.25) is 0 Å². The van der Waals surface area contributed by atoms with Gasteiger partial charge >= 0.3 is 0 Å². The molecule has 0 saturated heterocycles. The van der Waals surface area contributed by atoms with E-state index >= 15 is 0 Å². The summed E-state index contributed by atoms with van der Waals surface area (Å²) in [6.45, 7) is 0.360. The van der Waals surface area contributed by atoms with Crippen molar-refractivity contribution in [3.8, 4) is 11.8 Å². The molecule has 0 bridgehead atoms. The Bertz CT molecular complexity index is 871. The van der Waals surface area contributed by atoms with Crippen LogP contribution in [0.5, 0.6) is 0 Å². The number of halogens is 3. The van der Waals surface area contributed by atoms with Gasteiger partial charge in [0.1, 0.15) is 16.5 Å². The Morgan fingerprint density at radius 1 is 1.43 bits per heavy atom. The quantitative estimate of drug-likeness (QED) is 0.932. The number of hydrogen-bond donors (Lipinski definition) is 1. The summed E-state index contributed by atoms with van der Waals surface area (Å²) >= 11 is 6.01. The molecule has 8 heteroatoms. The summed E-state index contributed by atoms with van der Waals surface area (Å²) in [6, 6.07) is 5.00. The number of anilines is 1. The molecule has 1 aromatic heterocycles. The Balaban J connectivity index is 1.92. The Morgan fingerprint density at radius 2 is 2.17 bits per heavy atom. The lowest BCUT2D eigenvalue weighted by molar-refractivity contribution is 0.570. The standard InChI is InChI=1S/C15H11ClF2N4O/c16-13-11(20-8-15(7-19)3-4-15)6-21-22(14(13)23)12-2-1-9(17)5-10(12)18/h1-2,5-6,20H,3-4,8H2. The topological polar surface area (TPSA) is 70.7 Å². The molecular weight excluding hydrogens is 326 g/mol. The highest BCUT2D eigenvalue weighted by molar-refractivity contribution is 6.32. The number of nitrogens with zero attached hydrogens (tertiary/aromatic N) is 3. The van der Waals surface area contributed by atoms with Gasteiger partial charge in [-0.15, -0.1) is 0 Å². The second-order valence-electron chi connectivity index (χ2n) is 5.43. The van der Waals surface area contributed by atoms with Crippen LogP contribution in [0.1, 0.15) is 12.8 Å². The summed E-state index contributed by atoms with van der Waals surface area (Å²) in [4.78, 5) is 12.2. The zero-order chi connectivity index (χ0) is 16.6. The predicted molar refractivity (Wildman–Crippen MR) is 80.5 cm³/mol. The summed E-state index contributed by atoms with van der Waals surface area (Å²) in [5.41, 5.74) is -1.07. The monoisotopic (exact) mass is 336 g/mol. The van der Waals surface area contributed by atoms with Crippen LogP contribution in [0.15, 0.2) is 29.2 Å². The van der Waals surface area contributed by atoms with Crippen LogP contribution >= 0.6 is 11.6 Å². The Hall–Kier alpha value is -2.46. The summed E-state index contributed by atoms with van der Waals surface area (Å²) in [7, 11) is 0. The van der Waals surface area contributed by atoms with Gasteiger partial charge < -0.3 is 5.32 Å². The molecule has 3 rings (SSSR count). The molecule has 1 aliphatic rings. The maximum absolute atomic E-state index is 13.8. The molecule has 1 fully saturated rings. The van der Waals surface area contributed by atoms with Crippen molar-refractivity contribution in [3.63, 3.8) is 0 Å². The fraction of sp³-hybridized carbons (Fsp3) is 0.267. The molecule has 1 aliphatic carbocycles. The van der Waals surface area contributed by atoms with E-state index in [1.54, 1.807) is 0 Å². The van der Waals surface area contributed by atoms with Crippen molar-refractivity contribution in [3.05, 3.63) is 51.4 Å². The Morgan fingerprint density at radius 3 is 2.78 bits per heavy atom. The van der Waals surface area contributed by atoms with E-state index in [1.807, 2.05) is 0 Å². The molecule has 1 aromatic carbocycles. The largest absolute Gasteiger partial charge is 0.381 e. The van der Waals surface area contributed by atoms with Gasteiger partial charge in [0.05, 0.1) is 23.4 Å². The summed E-state index contributed by atoms with van der Waals surface area (Å²) in [5.74, 6) is -1.67. The number of nitrogens with one attached hydrogen (secondary N) is 1. The van der Waals surface area contributed by atoms with E-state index in [9.17, 15) is 13.6 Å². The van der Waals surface area contributed by atoms with Crippen molar-refractivity contribution >= 4 is 17.3 Å². The number of benzene rings is 1. The van der Waals surface area contributed by atoms with Gasteiger partial charge in [-0.2, -0.15) is 15.0 Å². The minimum atomic E-state index is -0.919. The minimum Gasteiger partial charge on any atom is -0.381 e. The molecule has 118 valence electrons. The van der Waals surface area contributed by atoms with Gasteiger partial charge in [-0.1, -0.05) is 11.6 Å². The Kier molecular flexibility index (Phi) is 3.78. The van der Waals surface area contributed by atoms with Crippen molar-refractivity contribution in [1.82, 2.24) is 9.78 Å². The number of hydrogen-bond acceptors (Lipinski definition) is 4. The van der Waals surface area contributed by atoms with Gasteiger partial charge in [0.25, 0.3) is 5.56 Å². The smallest absolute Gasteiger partial charge is 0.292 e. The molecule has 2 aromatic rings. The van der Waals surface area contributed by atoms with Crippen LogP contribution in [-0.4, -0.2) is 16.3 Å². The fourth-order valence-electron chi connectivity index (χ4n) is 2.12. The average Bonchev–Trinajstić information content (AvgIpc) is 3.30. The first kappa shape index (κ1) is 15.4. The van der Waals surface area contributed by atoms with Crippen molar-refractivity contribution < 1.29 is 8.78 Å². The van der Waals surface area contributed by atoms with E-state index in [2.05, 4.69) is 16.5 Å². The van der Waals surface area contributed by atoms with E-state index in [0.717, 1.165) is 29.7 Å².